The summed E-state index contributed by atoms with van der Waals surface area (Å²) in [6.07, 6.45) is 1.24. The van der Waals surface area contributed by atoms with Gasteiger partial charge in [-0.25, -0.2) is 9.97 Å². The largest absolute Gasteiger partial charge is 0.412 e. The molecule has 0 fully saturated rings. The maximum Gasteiger partial charge on any atom is 0.357 e. The van der Waals surface area contributed by atoms with Crippen LogP contribution in [0.1, 0.15) is 5.69 Å². The molecule has 0 spiro atoms. The van der Waals surface area contributed by atoms with Crippen molar-refractivity contribution in [2.24, 2.45) is 0 Å². The van der Waals surface area contributed by atoms with Crippen LogP contribution in [0, 0.1) is 17.0 Å². The molecule has 15 heavy (non-hydrogen) atoms. The zero-order chi connectivity index (χ0) is 10.3. The van der Waals surface area contributed by atoms with Crippen LogP contribution in [0.15, 0.2) is 11.1 Å². The first-order valence-corrected chi connectivity index (χ1v) is 3.68. The summed E-state index contributed by atoms with van der Waals surface area (Å²) in [5, 5.41) is 13.0. The highest BCUT2D eigenvalue weighted by molar-refractivity contribution is 5.38. The van der Waals surface area contributed by atoms with Gasteiger partial charge in [-0.2, -0.15) is 4.52 Å². The summed E-state index contributed by atoms with van der Waals surface area (Å²) in [5.74, 6) is 0.123. The van der Waals surface area contributed by atoms with Gasteiger partial charge >= 0.3 is 11.2 Å². The lowest BCUT2D eigenvalue weighted by Gasteiger charge is -1.95. The fourth-order valence-electron chi connectivity index (χ4n) is 1.16. The molecule has 0 saturated carbocycles. The van der Waals surface area contributed by atoms with Crippen molar-refractivity contribution in [1.29, 1.82) is 0 Å². The lowest BCUT2D eigenvalue weighted by molar-refractivity contribution is -0.387. The number of nitro groups is 1. The molecule has 2 rings (SSSR count). The Morgan fingerprint density at radius 2 is 2.27 bits per heavy atom. The van der Waals surface area contributed by atoms with Gasteiger partial charge in [-0.3, -0.25) is 20.0 Å². The van der Waals surface area contributed by atoms with Crippen molar-refractivity contribution in [3.05, 3.63) is 32.5 Å². The summed E-state index contributed by atoms with van der Waals surface area (Å²) in [5.41, 5.74) is -1.23. The molecule has 9 heteroatoms. The second-order valence-electron chi connectivity index (χ2n) is 2.63. The molecule has 0 bridgehead atoms. The van der Waals surface area contributed by atoms with Crippen LogP contribution in [-0.4, -0.2) is 30.0 Å². The highest BCUT2D eigenvalue weighted by atomic mass is 16.6. The van der Waals surface area contributed by atoms with Crippen LogP contribution in [0.3, 0.4) is 0 Å². The third kappa shape index (κ3) is 1.44. The SMILES string of the molecule is Cc1nc2nc[nH]n2c(=O)c1[N+](=O)[O-].O. The molecule has 2 aromatic heterocycles. The molecule has 80 valence electrons. The Labute approximate surface area is 81.8 Å². The van der Waals surface area contributed by atoms with Crippen molar-refractivity contribution >= 4 is 11.5 Å². The summed E-state index contributed by atoms with van der Waals surface area (Å²) >= 11 is 0. The second-order valence-corrected chi connectivity index (χ2v) is 2.63. The lowest BCUT2D eigenvalue weighted by atomic mass is 10.4. The van der Waals surface area contributed by atoms with Gasteiger partial charge in [0.2, 0.25) is 0 Å². The molecular formula is C6H7N5O4. The molecule has 0 aliphatic rings. The molecule has 0 radical (unpaired) electrons. The van der Waals surface area contributed by atoms with E-state index in [4.69, 9.17) is 0 Å². The molecule has 2 aromatic rings. The highest BCUT2D eigenvalue weighted by Crippen LogP contribution is 2.08. The topological polar surface area (TPSA) is 138 Å². The van der Waals surface area contributed by atoms with Crippen LogP contribution >= 0.6 is 0 Å². The number of aromatic amines is 1. The van der Waals surface area contributed by atoms with Crippen LogP contribution in [0.4, 0.5) is 5.69 Å². The molecule has 0 amide bonds. The molecule has 0 atom stereocenters. The number of hydrogen-bond donors (Lipinski definition) is 1. The van der Waals surface area contributed by atoms with E-state index in [2.05, 4.69) is 15.1 Å². The average molecular weight is 213 g/mol. The summed E-state index contributed by atoms with van der Waals surface area (Å²) in [6.45, 7) is 1.40. The van der Waals surface area contributed by atoms with Gasteiger partial charge in [0.25, 0.3) is 5.78 Å². The number of aromatic nitrogens is 4. The zero-order valence-corrected chi connectivity index (χ0v) is 7.59. The van der Waals surface area contributed by atoms with E-state index in [1.165, 1.54) is 13.3 Å². The minimum Gasteiger partial charge on any atom is -0.412 e. The predicted octanol–water partition coefficient (Wildman–Crippen LogP) is -1.19. The maximum absolute atomic E-state index is 11.5. The Balaban J connectivity index is 0.00000112. The molecule has 0 saturated heterocycles. The normalized spacial score (nSPS) is 9.93. The quantitative estimate of drug-likeness (QED) is 0.468. The minimum absolute atomic E-state index is 0. The van der Waals surface area contributed by atoms with Crippen molar-refractivity contribution in [1.82, 2.24) is 19.6 Å². The first-order valence-electron chi connectivity index (χ1n) is 3.68. The van der Waals surface area contributed by atoms with E-state index in [9.17, 15) is 14.9 Å². The van der Waals surface area contributed by atoms with Gasteiger partial charge in [0.15, 0.2) is 0 Å². The van der Waals surface area contributed by atoms with E-state index in [-0.39, 0.29) is 16.9 Å². The van der Waals surface area contributed by atoms with Crippen molar-refractivity contribution in [3.63, 3.8) is 0 Å². The van der Waals surface area contributed by atoms with E-state index in [1.54, 1.807) is 0 Å². The Kier molecular flexibility index (Phi) is 2.49. The molecule has 0 aromatic carbocycles. The van der Waals surface area contributed by atoms with Crippen molar-refractivity contribution in [3.8, 4) is 0 Å². The molecule has 0 aliphatic carbocycles. The predicted molar refractivity (Wildman–Crippen MR) is 48.6 cm³/mol. The lowest BCUT2D eigenvalue weighted by Crippen LogP contribution is -2.20. The number of fused-ring (bicyclic) bond motifs is 1. The Hall–Kier alpha value is -2.29. The maximum atomic E-state index is 11.5. The van der Waals surface area contributed by atoms with Crippen LogP contribution in [-0.2, 0) is 0 Å². The molecule has 9 nitrogen and oxygen atoms in total. The van der Waals surface area contributed by atoms with Crippen LogP contribution in [0.25, 0.3) is 5.78 Å². The average Bonchev–Trinajstić information content (AvgIpc) is 2.50. The van der Waals surface area contributed by atoms with Crippen LogP contribution in [0.5, 0.6) is 0 Å². The van der Waals surface area contributed by atoms with Crippen LogP contribution in [0.2, 0.25) is 0 Å². The number of H-pyrrole nitrogens is 1. The molecule has 0 unspecified atom stereocenters. The molecule has 3 N–H and O–H groups in total. The van der Waals surface area contributed by atoms with Gasteiger partial charge in [-0.05, 0) is 6.92 Å². The number of nitrogens with zero attached hydrogens (tertiary/aromatic N) is 4. The van der Waals surface area contributed by atoms with Crippen molar-refractivity contribution < 1.29 is 10.4 Å². The van der Waals surface area contributed by atoms with Gasteiger partial charge in [0.05, 0.1) is 4.92 Å². The van der Waals surface area contributed by atoms with Gasteiger partial charge < -0.3 is 5.48 Å². The first-order chi connectivity index (χ1) is 6.61. The van der Waals surface area contributed by atoms with E-state index in [1.807, 2.05) is 0 Å². The van der Waals surface area contributed by atoms with Gasteiger partial charge in [0, 0.05) is 0 Å². The fraction of sp³-hybridized carbons (Fsp3) is 0.167. The smallest absolute Gasteiger partial charge is 0.357 e. The van der Waals surface area contributed by atoms with Crippen LogP contribution < -0.4 is 5.56 Å². The van der Waals surface area contributed by atoms with Crippen molar-refractivity contribution in [2.45, 2.75) is 6.92 Å². The van der Waals surface area contributed by atoms with E-state index >= 15 is 0 Å². The Bertz CT molecular complexity index is 570. The van der Waals surface area contributed by atoms with Gasteiger partial charge in [-0.1, -0.05) is 0 Å². The van der Waals surface area contributed by atoms with E-state index in [0.29, 0.717) is 0 Å². The first kappa shape index (κ1) is 10.8. The van der Waals surface area contributed by atoms with Gasteiger partial charge in [-0.15, -0.1) is 0 Å². The van der Waals surface area contributed by atoms with E-state index in [0.717, 1.165) is 4.52 Å². The molecule has 2 heterocycles. The standard InChI is InChI=1S/C6H5N5O3.H2O/c1-3-4(11(13)14)5(12)10-6(9-3)7-2-8-10;/h2H,1H3,(H,7,8,9);1H2. The minimum atomic E-state index is -0.755. The number of aryl methyl sites for hydroxylation is 1. The summed E-state index contributed by atoms with van der Waals surface area (Å²) < 4.78 is 0.922. The summed E-state index contributed by atoms with van der Waals surface area (Å²) in [4.78, 5) is 28.7. The molecule has 0 aliphatic heterocycles. The summed E-state index contributed by atoms with van der Waals surface area (Å²) in [6, 6.07) is 0. The van der Waals surface area contributed by atoms with Crippen molar-refractivity contribution in [2.75, 3.05) is 0 Å². The zero-order valence-electron chi connectivity index (χ0n) is 7.59. The third-order valence-electron chi connectivity index (χ3n) is 1.77. The van der Waals surface area contributed by atoms with E-state index < -0.39 is 16.2 Å². The third-order valence-corrected chi connectivity index (χ3v) is 1.77. The highest BCUT2D eigenvalue weighted by Gasteiger charge is 2.20. The Morgan fingerprint density at radius 1 is 1.60 bits per heavy atom. The number of hydrogen-bond acceptors (Lipinski definition) is 5. The Morgan fingerprint density at radius 3 is 2.87 bits per heavy atom. The number of nitrogens with one attached hydrogen (secondary N) is 1. The van der Waals surface area contributed by atoms with Gasteiger partial charge in [0.1, 0.15) is 12.0 Å². The number of rotatable bonds is 1. The monoisotopic (exact) mass is 213 g/mol. The summed E-state index contributed by atoms with van der Waals surface area (Å²) in [7, 11) is 0. The fourth-order valence-corrected chi connectivity index (χ4v) is 1.16. The second kappa shape index (κ2) is 3.46. The molecular weight excluding hydrogens is 206 g/mol.